The fourth-order valence-corrected chi connectivity index (χ4v) is 2.38. The number of amides is 1. The predicted octanol–water partition coefficient (Wildman–Crippen LogP) is 1.49. The highest BCUT2D eigenvalue weighted by atomic mass is 16.4. The minimum Gasteiger partial charge on any atom is -0.478 e. The van der Waals surface area contributed by atoms with Crippen molar-refractivity contribution in [3.63, 3.8) is 0 Å². The third-order valence-electron chi connectivity index (χ3n) is 3.57. The van der Waals surface area contributed by atoms with Gasteiger partial charge in [-0.05, 0) is 37.5 Å². The second kappa shape index (κ2) is 6.52. The first kappa shape index (κ1) is 14.5. The van der Waals surface area contributed by atoms with Gasteiger partial charge < -0.3 is 15.3 Å². The number of carboxylic acids is 1. The monoisotopic (exact) mass is 276 g/mol. The summed E-state index contributed by atoms with van der Waals surface area (Å²) in [6.07, 6.45) is 2.16. The molecule has 5 nitrogen and oxygen atoms in total. The molecule has 1 aliphatic rings. The Balaban J connectivity index is 1.89. The first-order chi connectivity index (χ1) is 9.58. The van der Waals surface area contributed by atoms with Gasteiger partial charge >= 0.3 is 5.97 Å². The van der Waals surface area contributed by atoms with Crippen LogP contribution in [0.2, 0.25) is 0 Å². The molecule has 1 aromatic rings. The molecule has 2 N–H and O–H groups in total. The van der Waals surface area contributed by atoms with Gasteiger partial charge in [0, 0.05) is 19.6 Å². The lowest BCUT2D eigenvalue weighted by Gasteiger charge is -2.21. The topological polar surface area (TPSA) is 69.6 Å². The first-order valence-corrected chi connectivity index (χ1v) is 6.92. The Hall–Kier alpha value is -1.88. The van der Waals surface area contributed by atoms with E-state index in [1.165, 1.54) is 0 Å². The van der Waals surface area contributed by atoms with Gasteiger partial charge in [0.15, 0.2) is 0 Å². The molecule has 1 atom stereocenters. The third-order valence-corrected chi connectivity index (χ3v) is 3.57. The average Bonchev–Trinajstić information content (AvgIpc) is 2.98. The average molecular weight is 276 g/mol. The summed E-state index contributed by atoms with van der Waals surface area (Å²) in [5.74, 6) is -0.815. The van der Waals surface area contributed by atoms with Crippen LogP contribution >= 0.6 is 0 Å². The SMILES string of the molecule is CC(NCc1cccc(C(=O)O)c1)C(=O)N1CCCC1. The number of hydrogen-bond donors (Lipinski definition) is 2. The standard InChI is InChI=1S/C15H20N2O3/c1-11(14(18)17-7-2-3-8-17)16-10-12-5-4-6-13(9-12)15(19)20/h4-6,9,11,16H,2-3,7-8,10H2,1H3,(H,19,20). The van der Waals surface area contributed by atoms with Crippen LogP contribution in [0.15, 0.2) is 24.3 Å². The summed E-state index contributed by atoms with van der Waals surface area (Å²) in [4.78, 5) is 24.9. The molecular formula is C15H20N2O3. The molecular weight excluding hydrogens is 256 g/mol. The Morgan fingerprint density at radius 3 is 2.70 bits per heavy atom. The van der Waals surface area contributed by atoms with E-state index in [-0.39, 0.29) is 17.5 Å². The van der Waals surface area contributed by atoms with Crippen LogP contribution in [0.5, 0.6) is 0 Å². The maximum Gasteiger partial charge on any atom is 0.335 e. The van der Waals surface area contributed by atoms with Crippen LogP contribution in [0.25, 0.3) is 0 Å². The molecule has 0 radical (unpaired) electrons. The highest BCUT2D eigenvalue weighted by molar-refractivity contribution is 5.87. The molecule has 1 saturated heterocycles. The molecule has 0 bridgehead atoms. The van der Waals surface area contributed by atoms with Crippen molar-refractivity contribution < 1.29 is 14.7 Å². The van der Waals surface area contributed by atoms with Crippen LogP contribution in [0.3, 0.4) is 0 Å². The van der Waals surface area contributed by atoms with E-state index in [0.717, 1.165) is 31.5 Å². The van der Waals surface area contributed by atoms with E-state index in [1.807, 2.05) is 17.9 Å². The van der Waals surface area contributed by atoms with Gasteiger partial charge in [0.2, 0.25) is 5.91 Å². The smallest absolute Gasteiger partial charge is 0.335 e. The fourth-order valence-electron chi connectivity index (χ4n) is 2.38. The molecule has 0 aromatic heterocycles. The number of hydrogen-bond acceptors (Lipinski definition) is 3. The molecule has 1 aliphatic heterocycles. The zero-order valence-electron chi connectivity index (χ0n) is 11.6. The summed E-state index contributed by atoms with van der Waals surface area (Å²) in [6.45, 7) is 4.03. The minimum absolute atomic E-state index is 0.122. The van der Waals surface area contributed by atoms with Crippen molar-refractivity contribution in [1.82, 2.24) is 10.2 Å². The highest BCUT2D eigenvalue weighted by Crippen LogP contribution is 2.10. The molecule has 0 spiro atoms. The molecule has 1 fully saturated rings. The lowest BCUT2D eigenvalue weighted by Crippen LogP contribution is -2.43. The first-order valence-electron chi connectivity index (χ1n) is 6.92. The second-order valence-corrected chi connectivity index (χ2v) is 5.14. The second-order valence-electron chi connectivity index (χ2n) is 5.14. The Morgan fingerprint density at radius 1 is 1.35 bits per heavy atom. The molecule has 2 rings (SSSR count). The lowest BCUT2D eigenvalue weighted by atomic mass is 10.1. The maximum atomic E-state index is 12.1. The van der Waals surface area contributed by atoms with Crippen LogP contribution in [-0.4, -0.2) is 41.0 Å². The van der Waals surface area contributed by atoms with E-state index in [9.17, 15) is 9.59 Å². The van der Waals surface area contributed by atoms with E-state index in [1.54, 1.807) is 18.2 Å². The van der Waals surface area contributed by atoms with Gasteiger partial charge in [-0.1, -0.05) is 12.1 Å². The van der Waals surface area contributed by atoms with Crippen LogP contribution < -0.4 is 5.32 Å². The molecule has 108 valence electrons. The number of carbonyl (C=O) groups is 2. The van der Waals surface area contributed by atoms with Crippen LogP contribution in [0, 0.1) is 0 Å². The van der Waals surface area contributed by atoms with Gasteiger partial charge in [-0.25, -0.2) is 4.79 Å². The van der Waals surface area contributed by atoms with Crippen molar-refractivity contribution in [2.24, 2.45) is 0 Å². The van der Waals surface area contributed by atoms with Crippen molar-refractivity contribution in [1.29, 1.82) is 0 Å². The van der Waals surface area contributed by atoms with Gasteiger partial charge in [0.05, 0.1) is 11.6 Å². The lowest BCUT2D eigenvalue weighted by molar-refractivity contribution is -0.131. The van der Waals surface area contributed by atoms with Crippen molar-refractivity contribution in [3.8, 4) is 0 Å². The highest BCUT2D eigenvalue weighted by Gasteiger charge is 2.22. The molecule has 1 unspecified atom stereocenters. The Morgan fingerprint density at radius 2 is 2.05 bits per heavy atom. The number of nitrogens with zero attached hydrogens (tertiary/aromatic N) is 1. The van der Waals surface area contributed by atoms with Crippen molar-refractivity contribution in [2.45, 2.75) is 32.4 Å². The molecule has 5 heteroatoms. The number of nitrogens with one attached hydrogen (secondary N) is 1. The molecule has 1 amide bonds. The fraction of sp³-hybridized carbons (Fsp3) is 0.467. The molecule has 0 saturated carbocycles. The van der Waals surface area contributed by atoms with Crippen LogP contribution in [0.1, 0.15) is 35.7 Å². The summed E-state index contributed by atoms with van der Waals surface area (Å²) in [6, 6.07) is 6.51. The summed E-state index contributed by atoms with van der Waals surface area (Å²) in [5, 5.41) is 12.1. The van der Waals surface area contributed by atoms with Crippen molar-refractivity contribution in [2.75, 3.05) is 13.1 Å². The van der Waals surface area contributed by atoms with E-state index in [4.69, 9.17) is 5.11 Å². The normalized spacial score (nSPS) is 16.1. The predicted molar refractivity (Wildman–Crippen MR) is 75.5 cm³/mol. The number of carboxylic acid groups (broad SMARTS) is 1. The van der Waals surface area contributed by atoms with Crippen LogP contribution in [-0.2, 0) is 11.3 Å². The van der Waals surface area contributed by atoms with Crippen LogP contribution in [0.4, 0.5) is 0 Å². The van der Waals surface area contributed by atoms with Crippen molar-refractivity contribution in [3.05, 3.63) is 35.4 Å². The summed E-state index contributed by atoms with van der Waals surface area (Å²) in [5.41, 5.74) is 1.13. The van der Waals surface area contributed by atoms with E-state index in [2.05, 4.69) is 5.32 Å². The van der Waals surface area contributed by atoms with Gasteiger partial charge in [-0.15, -0.1) is 0 Å². The largest absolute Gasteiger partial charge is 0.478 e. The third kappa shape index (κ3) is 3.57. The number of rotatable bonds is 5. The number of benzene rings is 1. The zero-order chi connectivity index (χ0) is 14.5. The van der Waals surface area contributed by atoms with Gasteiger partial charge in [-0.2, -0.15) is 0 Å². The zero-order valence-corrected chi connectivity index (χ0v) is 11.6. The number of carbonyl (C=O) groups excluding carboxylic acids is 1. The van der Waals surface area contributed by atoms with E-state index >= 15 is 0 Å². The Bertz CT molecular complexity index is 496. The Kier molecular flexibility index (Phi) is 4.74. The van der Waals surface area contributed by atoms with E-state index in [0.29, 0.717) is 6.54 Å². The maximum absolute atomic E-state index is 12.1. The molecule has 1 aromatic carbocycles. The summed E-state index contributed by atoms with van der Waals surface area (Å²) in [7, 11) is 0. The van der Waals surface area contributed by atoms with Gasteiger partial charge in [0.25, 0.3) is 0 Å². The van der Waals surface area contributed by atoms with E-state index < -0.39 is 5.97 Å². The quantitative estimate of drug-likeness (QED) is 0.854. The number of likely N-dealkylation sites (tertiary alicyclic amines) is 1. The minimum atomic E-state index is -0.937. The summed E-state index contributed by atoms with van der Waals surface area (Å²) < 4.78 is 0. The van der Waals surface area contributed by atoms with Gasteiger partial charge in [0.1, 0.15) is 0 Å². The Labute approximate surface area is 118 Å². The van der Waals surface area contributed by atoms with Crippen molar-refractivity contribution >= 4 is 11.9 Å². The molecule has 20 heavy (non-hydrogen) atoms. The summed E-state index contributed by atoms with van der Waals surface area (Å²) >= 11 is 0. The van der Waals surface area contributed by atoms with Gasteiger partial charge in [-0.3, -0.25) is 4.79 Å². The number of aromatic carboxylic acids is 1. The molecule has 0 aliphatic carbocycles. The molecule has 1 heterocycles.